The van der Waals surface area contributed by atoms with Crippen LogP contribution in [0.4, 0.5) is 0 Å². The highest BCUT2D eigenvalue weighted by Crippen LogP contribution is 2.42. The van der Waals surface area contributed by atoms with E-state index in [0.717, 1.165) is 58.2 Å². The SMILES string of the molecule is CCS(=O)(=O)NCCC1CCOC12CN(CC1CCOCC1)C2. The van der Waals surface area contributed by atoms with Gasteiger partial charge in [-0.15, -0.1) is 0 Å². The minimum Gasteiger partial charge on any atom is -0.381 e. The molecule has 0 bridgehead atoms. The molecule has 0 aromatic rings. The normalized spacial score (nSPS) is 29.0. The highest BCUT2D eigenvalue weighted by atomic mass is 32.2. The first kappa shape index (κ1) is 17.6. The largest absolute Gasteiger partial charge is 0.381 e. The topological polar surface area (TPSA) is 67.9 Å². The van der Waals surface area contributed by atoms with Gasteiger partial charge in [0.2, 0.25) is 10.0 Å². The van der Waals surface area contributed by atoms with Gasteiger partial charge in [-0.25, -0.2) is 13.1 Å². The minimum atomic E-state index is -3.08. The van der Waals surface area contributed by atoms with Crippen molar-refractivity contribution in [3.63, 3.8) is 0 Å². The van der Waals surface area contributed by atoms with E-state index < -0.39 is 10.0 Å². The maximum Gasteiger partial charge on any atom is 0.211 e. The lowest BCUT2D eigenvalue weighted by Crippen LogP contribution is -2.65. The molecule has 3 fully saturated rings. The zero-order valence-corrected chi connectivity index (χ0v) is 14.9. The van der Waals surface area contributed by atoms with Gasteiger partial charge >= 0.3 is 0 Å². The van der Waals surface area contributed by atoms with Crippen molar-refractivity contribution < 1.29 is 17.9 Å². The van der Waals surface area contributed by atoms with Gasteiger partial charge in [0.15, 0.2) is 0 Å². The maximum atomic E-state index is 11.5. The van der Waals surface area contributed by atoms with E-state index in [-0.39, 0.29) is 11.4 Å². The molecule has 0 saturated carbocycles. The van der Waals surface area contributed by atoms with Crippen molar-refractivity contribution in [2.45, 2.75) is 38.2 Å². The predicted molar refractivity (Wildman–Crippen MR) is 88.9 cm³/mol. The number of ether oxygens (including phenoxy) is 2. The summed E-state index contributed by atoms with van der Waals surface area (Å²) in [5, 5.41) is 0. The molecule has 3 saturated heterocycles. The van der Waals surface area contributed by atoms with E-state index in [4.69, 9.17) is 9.47 Å². The van der Waals surface area contributed by atoms with Crippen molar-refractivity contribution in [3.05, 3.63) is 0 Å². The summed E-state index contributed by atoms with van der Waals surface area (Å²) in [6.07, 6.45) is 4.28. The van der Waals surface area contributed by atoms with E-state index in [9.17, 15) is 8.42 Å². The van der Waals surface area contributed by atoms with Gasteiger partial charge in [0.05, 0.1) is 11.4 Å². The Morgan fingerprint density at radius 3 is 2.61 bits per heavy atom. The molecule has 0 radical (unpaired) electrons. The third kappa shape index (κ3) is 4.25. The molecule has 6 nitrogen and oxygen atoms in total. The summed E-state index contributed by atoms with van der Waals surface area (Å²) in [4.78, 5) is 2.50. The molecular formula is C16H30N2O4S. The van der Waals surface area contributed by atoms with Gasteiger partial charge in [0.1, 0.15) is 0 Å². The zero-order chi connectivity index (χ0) is 16.3. The summed E-state index contributed by atoms with van der Waals surface area (Å²) in [6.45, 7) is 8.00. The van der Waals surface area contributed by atoms with Gasteiger partial charge in [-0.2, -0.15) is 0 Å². The first-order valence-corrected chi connectivity index (χ1v) is 10.6. The zero-order valence-electron chi connectivity index (χ0n) is 14.1. The summed E-state index contributed by atoms with van der Waals surface area (Å²) in [5.74, 6) is 1.39. The molecule has 23 heavy (non-hydrogen) atoms. The van der Waals surface area contributed by atoms with Crippen LogP contribution in [0.25, 0.3) is 0 Å². The van der Waals surface area contributed by atoms with Gasteiger partial charge in [-0.3, -0.25) is 4.90 Å². The molecule has 1 N–H and O–H groups in total. The number of hydrogen-bond donors (Lipinski definition) is 1. The molecule has 3 rings (SSSR count). The Labute approximate surface area is 139 Å². The average molecular weight is 346 g/mol. The first-order valence-electron chi connectivity index (χ1n) is 8.94. The summed E-state index contributed by atoms with van der Waals surface area (Å²) in [5.41, 5.74) is -0.0111. The summed E-state index contributed by atoms with van der Waals surface area (Å²) in [7, 11) is -3.08. The van der Waals surface area contributed by atoms with E-state index in [1.54, 1.807) is 6.92 Å². The maximum absolute atomic E-state index is 11.5. The van der Waals surface area contributed by atoms with Crippen molar-refractivity contribution in [1.29, 1.82) is 0 Å². The Balaban J connectivity index is 1.42. The Morgan fingerprint density at radius 1 is 1.17 bits per heavy atom. The van der Waals surface area contributed by atoms with Crippen LogP contribution in [-0.4, -0.2) is 70.7 Å². The quantitative estimate of drug-likeness (QED) is 0.740. The number of nitrogens with one attached hydrogen (secondary N) is 1. The van der Waals surface area contributed by atoms with E-state index >= 15 is 0 Å². The fourth-order valence-corrected chi connectivity index (χ4v) is 4.80. The van der Waals surface area contributed by atoms with Gasteiger partial charge in [-0.05, 0) is 44.4 Å². The minimum absolute atomic E-state index is 0.0111. The molecule has 134 valence electrons. The van der Waals surface area contributed by atoms with Crippen LogP contribution >= 0.6 is 0 Å². The lowest BCUT2D eigenvalue weighted by Gasteiger charge is -2.51. The third-order valence-electron chi connectivity index (χ3n) is 5.63. The van der Waals surface area contributed by atoms with Crippen LogP contribution in [-0.2, 0) is 19.5 Å². The summed E-state index contributed by atoms with van der Waals surface area (Å²) < 4.78 is 37.2. The number of likely N-dealkylation sites (tertiary alicyclic amines) is 1. The van der Waals surface area contributed by atoms with Crippen LogP contribution in [0.5, 0.6) is 0 Å². The lowest BCUT2D eigenvalue weighted by atomic mass is 9.78. The molecule has 0 amide bonds. The van der Waals surface area contributed by atoms with Crippen molar-refractivity contribution >= 4 is 10.0 Å². The highest BCUT2D eigenvalue weighted by molar-refractivity contribution is 7.89. The van der Waals surface area contributed by atoms with Crippen molar-refractivity contribution in [1.82, 2.24) is 9.62 Å². The van der Waals surface area contributed by atoms with Crippen LogP contribution in [0.15, 0.2) is 0 Å². The van der Waals surface area contributed by atoms with Crippen LogP contribution < -0.4 is 4.72 Å². The summed E-state index contributed by atoms with van der Waals surface area (Å²) >= 11 is 0. The van der Waals surface area contributed by atoms with Gasteiger partial charge < -0.3 is 9.47 Å². The molecule has 7 heteroatoms. The van der Waals surface area contributed by atoms with Crippen molar-refractivity contribution in [3.8, 4) is 0 Å². The Morgan fingerprint density at radius 2 is 1.91 bits per heavy atom. The molecular weight excluding hydrogens is 316 g/mol. The molecule has 1 spiro atoms. The molecule has 3 aliphatic rings. The fraction of sp³-hybridized carbons (Fsp3) is 1.00. The van der Waals surface area contributed by atoms with Crippen molar-refractivity contribution in [2.24, 2.45) is 11.8 Å². The number of sulfonamides is 1. The van der Waals surface area contributed by atoms with Crippen LogP contribution in [0, 0.1) is 11.8 Å². The van der Waals surface area contributed by atoms with Gasteiger partial charge in [0, 0.05) is 46.0 Å². The van der Waals surface area contributed by atoms with Crippen LogP contribution in [0.2, 0.25) is 0 Å². The van der Waals surface area contributed by atoms with Gasteiger partial charge in [0.25, 0.3) is 0 Å². The Kier molecular flexibility index (Phi) is 5.63. The van der Waals surface area contributed by atoms with Gasteiger partial charge in [-0.1, -0.05) is 0 Å². The highest BCUT2D eigenvalue weighted by Gasteiger charge is 2.52. The molecule has 3 heterocycles. The number of nitrogens with zero attached hydrogens (tertiary/aromatic N) is 1. The summed E-state index contributed by atoms with van der Waals surface area (Å²) in [6, 6.07) is 0. The second kappa shape index (κ2) is 7.35. The number of rotatable bonds is 7. The van der Waals surface area contributed by atoms with E-state index in [1.165, 1.54) is 12.8 Å². The van der Waals surface area contributed by atoms with Crippen molar-refractivity contribution in [2.75, 3.05) is 51.8 Å². The number of hydrogen-bond acceptors (Lipinski definition) is 5. The molecule has 3 aliphatic heterocycles. The van der Waals surface area contributed by atoms with E-state index in [2.05, 4.69) is 9.62 Å². The predicted octanol–water partition coefficient (Wildman–Crippen LogP) is 0.833. The van der Waals surface area contributed by atoms with Crippen LogP contribution in [0.3, 0.4) is 0 Å². The second-order valence-corrected chi connectivity index (χ2v) is 9.31. The van der Waals surface area contributed by atoms with Crippen LogP contribution in [0.1, 0.15) is 32.6 Å². The fourth-order valence-electron chi connectivity index (χ4n) is 4.17. The molecule has 0 aromatic carbocycles. The standard InChI is InChI=1S/C16H30N2O4S/c1-2-23(19,20)17-7-3-15-6-10-22-16(15)12-18(13-16)11-14-4-8-21-9-5-14/h14-15,17H,2-13H2,1H3. The second-order valence-electron chi connectivity index (χ2n) is 7.21. The molecule has 0 aromatic heterocycles. The molecule has 1 atom stereocenters. The van der Waals surface area contributed by atoms with E-state index in [1.807, 2.05) is 0 Å². The average Bonchev–Trinajstić information content (AvgIpc) is 2.92. The first-order chi connectivity index (χ1) is 11.0. The Hall–Kier alpha value is -0.210. The van der Waals surface area contributed by atoms with E-state index in [0.29, 0.717) is 12.5 Å². The third-order valence-corrected chi connectivity index (χ3v) is 7.04. The smallest absolute Gasteiger partial charge is 0.211 e. The molecule has 1 unspecified atom stereocenters. The lowest BCUT2D eigenvalue weighted by molar-refractivity contribution is -0.139. The Bertz CT molecular complexity index is 484. The molecule has 0 aliphatic carbocycles. The monoisotopic (exact) mass is 346 g/mol.